The molecular weight excluding hydrogens is 181 g/mol. The standard InChI is InChI=1S/C9H8F3O/c1-13-8-4-2-3-7(5-8)6-9(10,11)12/h2-6H,1H3/q+1/b7-6-. The first-order chi connectivity index (χ1) is 6.01. The summed E-state index contributed by atoms with van der Waals surface area (Å²) >= 11 is 0. The zero-order chi connectivity index (χ0) is 9.90. The van der Waals surface area contributed by atoms with Gasteiger partial charge in [-0.3, -0.25) is 0 Å². The van der Waals surface area contributed by atoms with Gasteiger partial charge in [0.2, 0.25) is 5.76 Å². The van der Waals surface area contributed by atoms with E-state index in [1.165, 1.54) is 25.7 Å². The van der Waals surface area contributed by atoms with Crippen LogP contribution in [0.15, 0.2) is 35.6 Å². The van der Waals surface area contributed by atoms with Gasteiger partial charge in [0.25, 0.3) is 0 Å². The third-order valence-corrected chi connectivity index (χ3v) is 1.42. The van der Waals surface area contributed by atoms with Crippen LogP contribution >= 0.6 is 0 Å². The number of hydrogen-bond acceptors (Lipinski definition) is 1. The fourth-order valence-corrected chi connectivity index (χ4v) is 0.920. The molecule has 0 radical (unpaired) electrons. The molecule has 0 amide bonds. The molecule has 0 aliphatic heterocycles. The SMILES string of the molecule is COC1=C/C(=C\C(F)(F)F)[CH+]C=C1. The number of allylic oxidation sites excluding steroid dienone is 5. The lowest BCUT2D eigenvalue weighted by Gasteiger charge is -2.02. The molecule has 0 aromatic heterocycles. The largest absolute Gasteiger partial charge is 0.480 e. The first-order valence-corrected chi connectivity index (χ1v) is 3.58. The summed E-state index contributed by atoms with van der Waals surface area (Å²) in [5, 5.41) is 0. The molecule has 0 aromatic rings. The van der Waals surface area contributed by atoms with Crippen molar-refractivity contribution in [1.29, 1.82) is 0 Å². The van der Waals surface area contributed by atoms with E-state index < -0.39 is 6.18 Å². The molecule has 70 valence electrons. The molecule has 1 rings (SSSR count). The van der Waals surface area contributed by atoms with E-state index in [0.29, 0.717) is 5.76 Å². The lowest BCUT2D eigenvalue weighted by Crippen LogP contribution is -2.04. The van der Waals surface area contributed by atoms with Crippen LogP contribution in [0, 0.1) is 6.42 Å². The highest BCUT2D eigenvalue weighted by atomic mass is 19.4. The minimum atomic E-state index is -4.29. The molecule has 4 heteroatoms. The molecule has 1 aliphatic carbocycles. The van der Waals surface area contributed by atoms with Gasteiger partial charge in [-0.25, -0.2) is 0 Å². The maximum atomic E-state index is 11.9. The Balaban J connectivity index is 2.80. The third-order valence-electron chi connectivity index (χ3n) is 1.42. The Morgan fingerprint density at radius 3 is 2.69 bits per heavy atom. The summed E-state index contributed by atoms with van der Waals surface area (Å²) in [4.78, 5) is 0. The van der Waals surface area contributed by atoms with Gasteiger partial charge in [0.05, 0.1) is 19.3 Å². The topological polar surface area (TPSA) is 9.23 Å². The van der Waals surface area contributed by atoms with Gasteiger partial charge in [-0.2, -0.15) is 13.2 Å². The normalized spacial score (nSPS) is 19.7. The van der Waals surface area contributed by atoms with E-state index in [0.717, 1.165) is 0 Å². The summed E-state index contributed by atoms with van der Waals surface area (Å²) in [5.74, 6) is 0.415. The van der Waals surface area contributed by atoms with Crippen molar-refractivity contribution in [2.75, 3.05) is 7.11 Å². The van der Waals surface area contributed by atoms with Gasteiger partial charge >= 0.3 is 6.18 Å². The van der Waals surface area contributed by atoms with E-state index in [9.17, 15) is 13.2 Å². The molecule has 0 spiro atoms. The molecule has 0 atom stereocenters. The summed E-state index contributed by atoms with van der Waals surface area (Å²) in [6.07, 6.45) is 1.75. The Labute approximate surface area is 74.2 Å². The Bertz CT molecular complexity index is 271. The van der Waals surface area contributed by atoms with Gasteiger partial charge in [0, 0.05) is 12.5 Å². The van der Waals surface area contributed by atoms with Gasteiger partial charge in [0.1, 0.15) is 11.6 Å². The number of ether oxygens (including phenoxy) is 1. The van der Waals surface area contributed by atoms with Crippen molar-refractivity contribution in [1.82, 2.24) is 0 Å². The molecule has 0 unspecified atom stereocenters. The number of halogens is 3. The zero-order valence-electron chi connectivity index (χ0n) is 6.93. The number of hydrogen-bond donors (Lipinski definition) is 0. The average Bonchev–Trinajstić information content (AvgIpc) is 2.01. The van der Waals surface area contributed by atoms with Crippen LogP contribution in [-0.4, -0.2) is 13.3 Å². The predicted octanol–water partition coefficient (Wildman–Crippen LogP) is 2.78. The first-order valence-electron chi connectivity index (χ1n) is 3.58. The average molecular weight is 189 g/mol. The Hall–Kier alpha value is -1.32. The molecule has 13 heavy (non-hydrogen) atoms. The smallest absolute Gasteiger partial charge is 0.447 e. The summed E-state index contributed by atoms with van der Waals surface area (Å²) in [7, 11) is 1.41. The maximum Gasteiger partial charge on any atom is 0.447 e. The van der Waals surface area contributed by atoms with E-state index in [-0.39, 0.29) is 11.6 Å². The minimum absolute atomic E-state index is 0.0897. The molecule has 1 aliphatic rings. The second-order valence-electron chi connectivity index (χ2n) is 2.46. The van der Waals surface area contributed by atoms with E-state index in [1.807, 2.05) is 0 Å². The Morgan fingerprint density at radius 2 is 2.15 bits per heavy atom. The maximum absolute atomic E-state index is 11.9. The van der Waals surface area contributed by atoms with Crippen LogP contribution < -0.4 is 0 Å². The van der Waals surface area contributed by atoms with Crippen molar-refractivity contribution in [3.63, 3.8) is 0 Å². The van der Waals surface area contributed by atoms with Crippen molar-refractivity contribution in [2.45, 2.75) is 6.18 Å². The molecule has 0 saturated carbocycles. The third kappa shape index (κ3) is 3.27. The fraction of sp³-hybridized carbons (Fsp3) is 0.222. The van der Waals surface area contributed by atoms with Crippen molar-refractivity contribution < 1.29 is 17.9 Å². The van der Waals surface area contributed by atoms with E-state index in [1.54, 1.807) is 6.08 Å². The van der Waals surface area contributed by atoms with Crippen LogP contribution in [0.2, 0.25) is 0 Å². The van der Waals surface area contributed by atoms with Gasteiger partial charge in [0.15, 0.2) is 0 Å². The summed E-state index contributed by atoms with van der Waals surface area (Å²) in [5.41, 5.74) is 0.0897. The molecule has 0 bridgehead atoms. The van der Waals surface area contributed by atoms with E-state index >= 15 is 0 Å². The second kappa shape index (κ2) is 3.60. The quantitative estimate of drug-likeness (QED) is 0.576. The van der Waals surface area contributed by atoms with Gasteiger partial charge in [-0.05, 0) is 0 Å². The lowest BCUT2D eigenvalue weighted by molar-refractivity contribution is -0.0802. The van der Waals surface area contributed by atoms with Crippen LogP contribution in [0.4, 0.5) is 13.2 Å². The van der Waals surface area contributed by atoms with Crippen molar-refractivity contribution in [2.24, 2.45) is 0 Å². The number of rotatable bonds is 1. The van der Waals surface area contributed by atoms with Crippen LogP contribution in [0.5, 0.6) is 0 Å². The molecule has 0 N–H and O–H groups in total. The van der Waals surface area contributed by atoms with Crippen LogP contribution in [0.3, 0.4) is 0 Å². The van der Waals surface area contributed by atoms with Gasteiger partial charge < -0.3 is 4.74 Å². The van der Waals surface area contributed by atoms with Crippen LogP contribution in [0.1, 0.15) is 0 Å². The first kappa shape index (κ1) is 9.77. The van der Waals surface area contributed by atoms with Crippen molar-refractivity contribution in [3.05, 3.63) is 42.1 Å². The highest BCUT2D eigenvalue weighted by Crippen LogP contribution is 2.23. The van der Waals surface area contributed by atoms with Crippen LogP contribution in [-0.2, 0) is 4.74 Å². The summed E-state index contributed by atoms with van der Waals surface area (Å²) in [6, 6.07) is 0. The monoisotopic (exact) mass is 189 g/mol. The number of alkyl halides is 3. The summed E-state index contributed by atoms with van der Waals surface area (Å²) < 4.78 is 40.4. The lowest BCUT2D eigenvalue weighted by atomic mass is 10.1. The second-order valence-corrected chi connectivity index (χ2v) is 2.46. The fourth-order valence-electron chi connectivity index (χ4n) is 0.920. The molecular formula is C9H8F3O+. The molecule has 0 aromatic carbocycles. The van der Waals surface area contributed by atoms with Gasteiger partial charge in [-0.1, -0.05) is 0 Å². The minimum Gasteiger partial charge on any atom is -0.480 e. The zero-order valence-corrected chi connectivity index (χ0v) is 6.93. The van der Waals surface area contributed by atoms with Gasteiger partial charge in [-0.15, -0.1) is 0 Å². The van der Waals surface area contributed by atoms with Crippen molar-refractivity contribution in [3.8, 4) is 0 Å². The predicted molar refractivity (Wildman–Crippen MR) is 42.7 cm³/mol. The van der Waals surface area contributed by atoms with E-state index in [4.69, 9.17) is 4.74 Å². The molecule has 0 fully saturated rings. The highest BCUT2D eigenvalue weighted by molar-refractivity contribution is 5.42. The Morgan fingerprint density at radius 1 is 1.46 bits per heavy atom. The van der Waals surface area contributed by atoms with Crippen LogP contribution in [0.25, 0.3) is 0 Å². The molecule has 0 saturated heterocycles. The van der Waals surface area contributed by atoms with Crippen molar-refractivity contribution >= 4 is 0 Å². The highest BCUT2D eigenvalue weighted by Gasteiger charge is 2.29. The molecule has 0 heterocycles. The Kier molecular flexibility index (Phi) is 2.70. The number of methoxy groups -OCH3 is 1. The summed E-state index contributed by atoms with van der Waals surface area (Å²) in [6.45, 7) is 0. The van der Waals surface area contributed by atoms with E-state index in [2.05, 4.69) is 0 Å². The molecule has 1 nitrogen and oxygen atoms in total.